The van der Waals surface area contributed by atoms with Gasteiger partial charge in [-0.3, -0.25) is 14.4 Å². The third-order valence-electron chi connectivity index (χ3n) is 4.69. The van der Waals surface area contributed by atoms with Crippen LogP contribution in [0.2, 0.25) is 0 Å². The molecule has 1 fully saturated rings. The molecule has 27 heavy (non-hydrogen) atoms. The summed E-state index contributed by atoms with van der Waals surface area (Å²) in [6.45, 7) is 2.05. The largest absolute Gasteiger partial charge is 0.350 e. The molecular weight excluding hydrogens is 366 g/mol. The van der Waals surface area contributed by atoms with Gasteiger partial charge >= 0.3 is 0 Å². The van der Waals surface area contributed by atoms with Crippen LogP contribution in [-0.2, 0) is 9.59 Å². The highest BCUT2D eigenvalue weighted by Crippen LogP contribution is 2.36. The summed E-state index contributed by atoms with van der Waals surface area (Å²) >= 11 is 1.44. The molecule has 2 aliphatic heterocycles. The van der Waals surface area contributed by atoms with E-state index >= 15 is 0 Å². The third kappa shape index (κ3) is 4.72. The lowest BCUT2D eigenvalue weighted by atomic mass is 10.1. The Morgan fingerprint density at radius 1 is 1.37 bits per heavy atom. The number of thiophene rings is 1. The molecule has 2 aliphatic rings. The summed E-state index contributed by atoms with van der Waals surface area (Å²) in [5.74, 6) is -0.362. The van der Waals surface area contributed by atoms with Gasteiger partial charge in [0.2, 0.25) is 5.91 Å². The van der Waals surface area contributed by atoms with Gasteiger partial charge in [0.25, 0.3) is 11.8 Å². The van der Waals surface area contributed by atoms with Crippen molar-refractivity contribution in [3.05, 3.63) is 21.9 Å². The monoisotopic (exact) mass is 391 g/mol. The average molecular weight is 391 g/mol. The highest BCUT2D eigenvalue weighted by molar-refractivity contribution is 7.14. The Hall–Kier alpha value is -2.26. The average Bonchev–Trinajstić information content (AvgIpc) is 3.30. The Kier molecular flexibility index (Phi) is 6.22. The Balaban J connectivity index is 1.65. The number of likely N-dealkylation sites (N-methyl/N-ethyl adjacent to an activating group) is 1. The molecule has 8 nitrogen and oxygen atoms in total. The van der Waals surface area contributed by atoms with Crippen molar-refractivity contribution in [3.8, 4) is 0 Å². The second-order valence-electron chi connectivity index (χ2n) is 7.01. The molecule has 0 spiro atoms. The zero-order valence-electron chi connectivity index (χ0n) is 15.7. The van der Waals surface area contributed by atoms with Crippen molar-refractivity contribution in [2.24, 2.45) is 5.10 Å². The molecule has 0 radical (unpaired) electrons. The van der Waals surface area contributed by atoms with Gasteiger partial charge in [-0.25, -0.2) is 5.43 Å². The van der Waals surface area contributed by atoms with E-state index < -0.39 is 0 Å². The third-order valence-corrected chi connectivity index (χ3v) is 5.87. The molecule has 3 amide bonds. The minimum atomic E-state index is -0.160. The van der Waals surface area contributed by atoms with Gasteiger partial charge in [0, 0.05) is 37.4 Å². The first-order valence-electron chi connectivity index (χ1n) is 9.14. The van der Waals surface area contributed by atoms with Gasteiger partial charge in [0.1, 0.15) is 5.71 Å². The van der Waals surface area contributed by atoms with Gasteiger partial charge in [0.05, 0.1) is 10.9 Å². The number of nitrogens with one attached hydrogen (secondary N) is 2. The lowest BCUT2D eigenvalue weighted by molar-refractivity contribution is -0.125. The fraction of sp³-hybridized carbons (Fsp3) is 0.556. The number of rotatable bonds is 6. The van der Waals surface area contributed by atoms with Gasteiger partial charge in [0.15, 0.2) is 0 Å². The molecule has 0 bridgehead atoms. The van der Waals surface area contributed by atoms with E-state index in [-0.39, 0.29) is 23.8 Å². The first-order chi connectivity index (χ1) is 13.0. The minimum Gasteiger partial charge on any atom is -0.350 e. The summed E-state index contributed by atoms with van der Waals surface area (Å²) in [4.78, 5) is 41.8. The Bertz CT molecular complexity index is 758. The van der Waals surface area contributed by atoms with Crippen molar-refractivity contribution < 1.29 is 14.4 Å². The number of carbonyl (C=O) groups excluding carboxylic acids is 3. The van der Waals surface area contributed by atoms with Crippen molar-refractivity contribution >= 4 is 34.8 Å². The molecule has 0 unspecified atom stereocenters. The van der Waals surface area contributed by atoms with E-state index in [9.17, 15) is 14.4 Å². The van der Waals surface area contributed by atoms with Crippen LogP contribution in [0.5, 0.6) is 0 Å². The number of carbonyl (C=O) groups is 3. The maximum atomic E-state index is 12.8. The molecular formula is C18H25N5O3S. The van der Waals surface area contributed by atoms with Crippen molar-refractivity contribution in [2.45, 2.75) is 31.7 Å². The minimum absolute atomic E-state index is 0.0360. The number of nitrogens with zero attached hydrogens (tertiary/aromatic N) is 3. The molecule has 0 aromatic carbocycles. The molecule has 3 rings (SSSR count). The SMILES string of the molecule is CN(C)CCNC(=O)c1ccc([C@@H]2CCCN2C(=O)C2=NNC(=O)CC2)s1. The summed E-state index contributed by atoms with van der Waals surface area (Å²) in [5, 5.41) is 6.84. The van der Waals surface area contributed by atoms with Crippen molar-refractivity contribution in [2.75, 3.05) is 33.7 Å². The first-order valence-corrected chi connectivity index (χ1v) is 9.96. The van der Waals surface area contributed by atoms with Crippen LogP contribution >= 0.6 is 11.3 Å². The predicted molar refractivity (Wildman–Crippen MR) is 104 cm³/mol. The lowest BCUT2D eigenvalue weighted by Crippen LogP contribution is -2.39. The Morgan fingerprint density at radius 2 is 2.19 bits per heavy atom. The smallest absolute Gasteiger partial charge is 0.270 e. The topological polar surface area (TPSA) is 94.1 Å². The van der Waals surface area contributed by atoms with Crippen molar-refractivity contribution in [1.82, 2.24) is 20.5 Å². The maximum Gasteiger partial charge on any atom is 0.270 e. The predicted octanol–water partition coefficient (Wildman–Crippen LogP) is 0.969. The van der Waals surface area contributed by atoms with Crippen LogP contribution in [0, 0.1) is 0 Å². The summed E-state index contributed by atoms with van der Waals surface area (Å²) in [7, 11) is 3.92. The Labute approximate surface area is 162 Å². The zero-order valence-corrected chi connectivity index (χ0v) is 16.5. The maximum absolute atomic E-state index is 12.8. The van der Waals surface area contributed by atoms with Crippen LogP contribution in [0.4, 0.5) is 0 Å². The second kappa shape index (κ2) is 8.62. The standard InChI is InChI=1S/C18H25N5O3S/c1-22(2)11-9-19-17(25)15-7-6-14(27-15)13-4-3-10-23(13)18(26)12-5-8-16(24)21-20-12/h6-7,13H,3-5,8-11H2,1-2H3,(H,19,25)(H,21,24)/t13-/m0/s1. The fourth-order valence-electron chi connectivity index (χ4n) is 3.23. The van der Waals surface area contributed by atoms with Gasteiger partial charge in [-0.05, 0) is 39.1 Å². The summed E-state index contributed by atoms with van der Waals surface area (Å²) in [6.07, 6.45) is 2.45. The van der Waals surface area contributed by atoms with Crippen molar-refractivity contribution in [3.63, 3.8) is 0 Å². The fourth-order valence-corrected chi connectivity index (χ4v) is 4.31. The summed E-state index contributed by atoms with van der Waals surface area (Å²) in [6, 6.07) is 3.72. The van der Waals surface area contributed by atoms with Gasteiger partial charge in [-0.15, -0.1) is 11.3 Å². The van der Waals surface area contributed by atoms with Crippen LogP contribution in [0.3, 0.4) is 0 Å². The number of hydrazone groups is 1. The molecule has 1 aromatic heterocycles. The first kappa shape index (κ1) is 19.5. The quantitative estimate of drug-likeness (QED) is 0.756. The molecule has 3 heterocycles. The Morgan fingerprint density at radius 3 is 2.89 bits per heavy atom. The van der Waals surface area contributed by atoms with Crippen molar-refractivity contribution in [1.29, 1.82) is 0 Å². The molecule has 146 valence electrons. The van der Waals surface area contributed by atoms with Crippen LogP contribution in [0.1, 0.15) is 46.3 Å². The van der Waals surface area contributed by atoms with E-state index in [1.54, 1.807) is 0 Å². The van der Waals surface area contributed by atoms with E-state index in [1.165, 1.54) is 11.3 Å². The molecule has 0 saturated carbocycles. The lowest BCUT2D eigenvalue weighted by Gasteiger charge is -2.25. The van der Waals surface area contributed by atoms with E-state index in [2.05, 4.69) is 15.8 Å². The van der Waals surface area contributed by atoms with Gasteiger partial charge in [-0.1, -0.05) is 0 Å². The van der Waals surface area contributed by atoms with E-state index in [0.29, 0.717) is 36.5 Å². The zero-order chi connectivity index (χ0) is 19.4. The molecule has 9 heteroatoms. The van der Waals surface area contributed by atoms with E-state index in [1.807, 2.05) is 36.0 Å². The molecule has 1 atom stereocenters. The van der Waals surface area contributed by atoms with E-state index in [0.717, 1.165) is 24.3 Å². The van der Waals surface area contributed by atoms with Gasteiger partial charge < -0.3 is 15.1 Å². The van der Waals surface area contributed by atoms with E-state index in [4.69, 9.17) is 0 Å². The highest BCUT2D eigenvalue weighted by Gasteiger charge is 2.34. The highest BCUT2D eigenvalue weighted by atomic mass is 32.1. The van der Waals surface area contributed by atoms with Crippen LogP contribution in [0.15, 0.2) is 17.2 Å². The number of hydrogen-bond donors (Lipinski definition) is 2. The van der Waals surface area contributed by atoms with Crippen LogP contribution in [-0.4, -0.2) is 67.0 Å². The van der Waals surface area contributed by atoms with Crippen LogP contribution < -0.4 is 10.7 Å². The molecule has 0 aliphatic carbocycles. The number of likely N-dealkylation sites (tertiary alicyclic amines) is 1. The molecule has 1 aromatic rings. The number of hydrogen-bond acceptors (Lipinski definition) is 6. The summed E-state index contributed by atoms with van der Waals surface area (Å²) in [5.41, 5.74) is 2.79. The van der Waals surface area contributed by atoms with Crippen LogP contribution in [0.25, 0.3) is 0 Å². The molecule has 1 saturated heterocycles. The second-order valence-corrected chi connectivity index (χ2v) is 8.13. The van der Waals surface area contributed by atoms with Gasteiger partial charge in [-0.2, -0.15) is 5.10 Å². The number of amides is 3. The molecule has 2 N–H and O–H groups in total. The normalized spacial score (nSPS) is 19.8. The summed E-state index contributed by atoms with van der Waals surface area (Å²) < 4.78 is 0.